The van der Waals surface area contributed by atoms with Crippen molar-refractivity contribution in [3.63, 3.8) is 0 Å². The van der Waals surface area contributed by atoms with Gasteiger partial charge in [0.05, 0.1) is 5.38 Å². The van der Waals surface area contributed by atoms with E-state index in [0.29, 0.717) is 6.54 Å². The molecule has 0 aliphatic rings. The fraction of sp³-hybridized carbons (Fsp3) is 1.00. The zero-order valence-corrected chi connectivity index (χ0v) is 7.71. The molecule has 9 heavy (non-hydrogen) atoms. The van der Waals surface area contributed by atoms with Gasteiger partial charge in [0.15, 0.2) is 0 Å². The Kier molecular flexibility index (Phi) is 5.04. The van der Waals surface area contributed by atoms with Gasteiger partial charge in [-0.2, -0.15) is 0 Å². The number of hydrogen-bond donors (Lipinski definition) is 0. The molecule has 0 saturated carbocycles. The maximum Gasteiger partial charge on any atom is 0.125 e. The Balaban J connectivity index is 3.38. The second-order valence-corrected chi connectivity index (χ2v) is 3.84. The van der Waals surface area contributed by atoms with Crippen molar-refractivity contribution in [2.75, 3.05) is 20.6 Å². The standard InChI is InChI=1S/C5H10Cl3N/c1-9(2)3-4(6)5(7)8/h4-5H,3H2,1-2H3. The topological polar surface area (TPSA) is 3.24 Å². The lowest BCUT2D eigenvalue weighted by molar-refractivity contribution is 0.409. The van der Waals surface area contributed by atoms with E-state index in [9.17, 15) is 0 Å². The third-order valence-corrected chi connectivity index (χ3v) is 2.07. The fourth-order valence-electron chi connectivity index (χ4n) is 0.429. The van der Waals surface area contributed by atoms with Crippen LogP contribution in [-0.4, -0.2) is 35.8 Å². The molecule has 0 aliphatic heterocycles. The average molecular weight is 191 g/mol. The second-order valence-electron chi connectivity index (χ2n) is 2.11. The zero-order valence-electron chi connectivity index (χ0n) is 5.44. The first-order valence-electron chi connectivity index (χ1n) is 2.61. The first kappa shape index (κ1) is 9.83. The minimum Gasteiger partial charge on any atom is -0.308 e. The summed E-state index contributed by atoms with van der Waals surface area (Å²) in [6.45, 7) is 0.708. The van der Waals surface area contributed by atoms with Gasteiger partial charge in [0, 0.05) is 6.54 Å². The lowest BCUT2D eigenvalue weighted by atomic mass is 10.4. The van der Waals surface area contributed by atoms with E-state index in [1.54, 1.807) is 0 Å². The third kappa shape index (κ3) is 5.28. The quantitative estimate of drug-likeness (QED) is 0.615. The number of hydrogen-bond acceptors (Lipinski definition) is 1. The van der Waals surface area contributed by atoms with Crippen LogP contribution < -0.4 is 0 Å². The summed E-state index contributed by atoms with van der Waals surface area (Å²) >= 11 is 16.7. The highest BCUT2D eigenvalue weighted by molar-refractivity contribution is 6.48. The number of rotatable bonds is 3. The van der Waals surface area contributed by atoms with Crippen LogP contribution in [0.4, 0.5) is 0 Å². The maximum atomic E-state index is 5.71. The minimum atomic E-state index is -0.478. The fourth-order valence-corrected chi connectivity index (χ4v) is 0.864. The molecule has 0 fully saturated rings. The van der Waals surface area contributed by atoms with Crippen molar-refractivity contribution < 1.29 is 0 Å². The van der Waals surface area contributed by atoms with E-state index in [4.69, 9.17) is 34.8 Å². The number of halogens is 3. The van der Waals surface area contributed by atoms with Gasteiger partial charge < -0.3 is 4.90 Å². The molecule has 0 saturated heterocycles. The number of nitrogens with zero attached hydrogens (tertiary/aromatic N) is 1. The first-order valence-corrected chi connectivity index (χ1v) is 3.92. The Morgan fingerprint density at radius 2 is 1.67 bits per heavy atom. The summed E-state index contributed by atoms with van der Waals surface area (Å²) in [7, 11) is 3.84. The Morgan fingerprint density at radius 3 is 1.78 bits per heavy atom. The van der Waals surface area contributed by atoms with Gasteiger partial charge in [-0.1, -0.05) is 0 Å². The van der Waals surface area contributed by atoms with Crippen LogP contribution in [0.1, 0.15) is 0 Å². The van der Waals surface area contributed by atoms with Gasteiger partial charge in [0.2, 0.25) is 0 Å². The molecule has 0 N–H and O–H groups in total. The summed E-state index contributed by atoms with van der Waals surface area (Å²) in [6, 6.07) is 0. The lowest BCUT2D eigenvalue weighted by Gasteiger charge is -2.14. The highest BCUT2D eigenvalue weighted by Crippen LogP contribution is 2.13. The molecule has 0 aromatic rings. The second kappa shape index (κ2) is 4.62. The Labute approximate surface area is 70.9 Å². The largest absolute Gasteiger partial charge is 0.308 e. The van der Waals surface area contributed by atoms with Crippen molar-refractivity contribution in [3.05, 3.63) is 0 Å². The van der Waals surface area contributed by atoms with Crippen molar-refractivity contribution >= 4 is 34.8 Å². The smallest absolute Gasteiger partial charge is 0.125 e. The molecule has 0 aliphatic carbocycles. The lowest BCUT2D eigenvalue weighted by Crippen LogP contribution is -2.26. The van der Waals surface area contributed by atoms with E-state index >= 15 is 0 Å². The molecular weight excluding hydrogens is 180 g/mol. The summed E-state index contributed by atoms with van der Waals surface area (Å²) in [5.74, 6) is 0. The molecule has 0 amide bonds. The molecule has 4 heteroatoms. The normalized spacial score (nSPS) is 15.0. The van der Waals surface area contributed by atoms with Crippen molar-refractivity contribution in [1.82, 2.24) is 4.90 Å². The Bertz CT molecular complexity index is 74.6. The van der Waals surface area contributed by atoms with Crippen molar-refractivity contribution in [1.29, 1.82) is 0 Å². The van der Waals surface area contributed by atoms with Crippen molar-refractivity contribution in [2.45, 2.75) is 10.2 Å². The molecule has 0 bridgehead atoms. The van der Waals surface area contributed by atoms with Crippen LogP contribution in [0.5, 0.6) is 0 Å². The molecule has 0 aromatic heterocycles. The van der Waals surface area contributed by atoms with Crippen LogP contribution >= 0.6 is 34.8 Å². The van der Waals surface area contributed by atoms with Gasteiger partial charge in [0.1, 0.15) is 4.84 Å². The Hall–Kier alpha value is 0.830. The van der Waals surface area contributed by atoms with Gasteiger partial charge in [-0.05, 0) is 14.1 Å². The van der Waals surface area contributed by atoms with Crippen LogP contribution in [0.3, 0.4) is 0 Å². The summed E-state index contributed by atoms with van der Waals surface area (Å²) in [5.41, 5.74) is 0. The highest BCUT2D eigenvalue weighted by Gasteiger charge is 2.13. The van der Waals surface area contributed by atoms with E-state index in [-0.39, 0.29) is 5.38 Å². The molecule has 0 spiro atoms. The number of alkyl halides is 3. The molecule has 1 unspecified atom stereocenters. The zero-order chi connectivity index (χ0) is 7.44. The summed E-state index contributed by atoms with van der Waals surface area (Å²) in [5, 5.41) is -0.177. The van der Waals surface area contributed by atoms with Crippen molar-refractivity contribution in [3.8, 4) is 0 Å². The predicted octanol–water partition coefficient (Wildman–Crippen LogP) is 1.96. The minimum absolute atomic E-state index is 0.177. The van der Waals surface area contributed by atoms with E-state index < -0.39 is 4.84 Å². The maximum absolute atomic E-state index is 5.71. The Morgan fingerprint density at radius 1 is 1.22 bits per heavy atom. The summed E-state index contributed by atoms with van der Waals surface area (Å²) in [6.07, 6.45) is 0. The molecule has 0 heterocycles. The molecular formula is C5H10Cl3N. The van der Waals surface area contributed by atoms with Crippen molar-refractivity contribution in [2.24, 2.45) is 0 Å². The molecule has 0 rings (SSSR count). The van der Waals surface area contributed by atoms with Gasteiger partial charge in [-0.3, -0.25) is 0 Å². The molecule has 1 nitrogen and oxygen atoms in total. The third-order valence-electron chi connectivity index (χ3n) is 0.813. The van der Waals surface area contributed by atoms with Crippen LogP contribution in [0.2, 0.25) is 0 Å². The molecule has 1 atom stereocenters. The summed E-state index contributed by atoms with van der Waals surface area (Å²) < 4.78 is 0. The van der Waals surface area contributed by atoms with E-state index in [1.807, 2.05) is 19.0 Å². The van der Waals surface area contributed by atoms with Gasteiger partial charge in [0.25, 0.3) is 0 Å². The van der Waals surface area contributed by atoms with E-state index in [1.165, 1.54) is 0 Å². The highest BCUT2D eigenvalue weighted by atomic mass is 35.5. The first-order chi connectivity index (χ1) is 4.04. The van der Waals surface area contributed by atoms with Crippen LogP contribution in [-0.2, 0) is 0 Å². The SMILES string of the molecule is CN(C)CC(Cl)C(Cl)Cl. The van der Waals surface area contributed by atoms with E-state index in [0.717, 1.165) is 0 Å². The monoisotopic (exact) mass is 189 g/mol. The van der Waals surface area contributed by atoms with E-state index in [2.05, 4.69) is 0 Å². The van der Waals surface area contributed by atoms with Gasteiger partial charge in [-0.25, -0.2) is 0 Å². The molecule has 0 radical (unpaired) electrons. The van der Waals surface area contributed by atoms with Gasteiger partial charge in [-0.15, -0.1) is 34.8 Å². The predicted molar refractivity (Wildman–Crippen MR) is 43.7 cm³/mol. The van der Waals surface area contributed by atoms with Gasteiger partial charge >= 0.3 is 0 Å². The van der Waals surface area contributed by atoms with Crippen LogP contribution in [0.25, 0.3) is 0 Å². The van der Waals surface area contributed by atoms with Crippen LogP contribution in [0, 0.1) is 0 Å². The summed E-state index contributed by atoms with van der Waals surface area (Å²) in [4.78, 5) is 1.46. The average Bonchev–Trinajstić information content (AvgIpc) is 1.63. The molecule has 56 valence electrons. The molecule has 0 aromatic carbocycles. The van der Waals surface area contributed by atoms with Crippen LogP contribution in [0.15, 0.2) is 0 Å².